The number of para-hydroxylation sites is 1. The molecule has 0 unspecified atom stereocenters. The number of piperazine rings is 1. The molecule has 1 amide bonds. The highest BCUT2D eigenvalue weighted by Crippen LogP contribution is 2.29. The molecule has 162 valence electrons. The van der Waals surface area contributed by atoms with Crippen molar-refractivity contribution in [1.82, 2.24) is 9.80 Å². The fraction of sp³-hybridized carbons (Fsp3) is 0.292. The minimum Gasteiger partial charge on any atom is -0.484 e. The number of halogens is 2. The molecule has 0 saturated carbocycles. The number of amides is 1. The van der Waals surface area contributed by atoms with Gasteiger partial charge in [-0.25, -0.2) is 4.39 Å². The van der Waals surface area contributed by atoms with Gasteiger partial charge in [0.15, 0.2) is 5.76 Å². The molecule has 0 spiro atoms. The number of rotatable bonds is 6. The highest BCUT2D eigenvalue weighted by Gasteiger charge is 2.24. The summed E-state index contributed by atoms with van der Waals surface area (Å²) in [6.07, 6.45) is 0. The van der Waals surface area contributed by atoms with Crippen LogP contribution in [0.1, 0.15) is 27.4 Å². The molecule has 0 N–H and O–H groups in total. The molecule has 0 atom stereocenters. The van der Waals surface area contributed by atoms with Crippen LogP contribution < -0.4 is 4.74 Å². The third kappa shape index (κ3) is 5.27. The molecule has 7 heteroatoms. The maximum atomic E-state index is 13.4. The van der Waals surface area contributed by atoms with Gasteiger partial charge in [-0.3, -0.25) is 9.69 Å². The Morgan fingerprint density at radius 1 is 1.10 bits per heavy atom. The van der Waals surface area contributed by atoms with Crippen LogP contribution in [0.15, 0.2) is 59.0 Å². The van der Waals surface area contributed by atoms with Crippen LogP contribution in [0.4, 0.5) is 4.39 Å². The van der Waals surface area contributed by atoms with E-state index in [1.807, 2.05) is 25.1 Å². The molecule has 2 aromatic carbocycles. The van der Waals surface area contributed by atoms with Crippen molar-refractivity contribution in [3.8, 4) is 5.75 Å². The van der Waals surface area contributed by atoms with Crippen molar-refractivity contribution in [2.75, 3.05) is 26.2 Å². The first kappa shape index (κ1) is 21.4. The van der Waals surface area contributed by atoms with Crippen LogP contribution in [-0.4, -0.2) is 41.9 Å². The number of carbonyl (C=O) groups excluding carboxylic acids is 1. The molecule has 1 fully saturated rings. The van der Waals surface area contributed by atoms with E-state index in [9.17, 15) is 9.18 Å². The number of benzene rings is 2. The van der Waals surface area contributed by atoms with Crippen LogP contribution in [0.25, 0.3) is 0 Å². The van der Waals surface area contributed by atoms with Crippen molar-refractivity contribution in [2.45, 2.75) is 20.1 Å². The second-order valence-electron chi connectivity index (χ2n) is 7.64. The minimum atomic E-state index is -0.228. The van der Waals surface area contributed by atoms with Crippen LogP contribution in [0.5, 0.6) is 5.75 Å². The number of nitrogens with zero attached hydrogens (tertiary/aromatic N) is 2. The summed E-state index contributed by atoms with van der Waals surface area (Å²) in [4.78, 5) is 16.8. The van der Waals surface area contributed by atoms with Crippen molar-refractivity contribution < 1.29 is 18.3 Å². The van der Waals surface area contributed by atoms with Crippen molar-refractivity contribution in [3.05, 3.63) is 88.1 Å². The Labute approximate surface area is 186 Å². The van der Waals surface area contributed by atoms with E-state index in [4.69, 9.17) is 20.8 Å². The summed E-state index contributed by atoms with van der Waals surface area (Å²) in [5, 5.41) is 0.541. The molecular weight excluding hydrogens is 419 g/mol. The van der Waals surface area contributed by atoms with Gasteiger partial charge in [0.1, 0.15) is 23.9 Å². The molecule has 0 bridgehead atoms. The number of ether oxygens (including phenoxy) is 1. The largest absolute Gasteiger partial charge is 0.484 e. The average Bonchev–Trinajstić information content (AvgIpc) is 3.22. The van der Waals surface area contributed by atoms with E-state index in [0.717, 1.165) is 24.2 Å². The number of carbonyl (C=O) groups is 1. The van der Waals surface area contributed by atoms with Crippen molar-refractivity contribution in [1.29, 1.82) is 0 Å². The summed E-state index contributed by atoms with van der Waals surface area (Å²) in [7, 11) is 0. The van der Waals surface area contributed by atoms with E-state index in [1.165, 1.54) is 6.07 Å². The first-order valence-electron chi connectivity index (χ1n) is 10.2. The Kier molecular flexibility index (Phi) is 6.59. The number of furan rings is 1. The van der Waals surface area contributed by atoms with Crippen molar-refractivity contribution >= 4 is 17.5 Å². The monoisotopic (exact) mass is 442 g/mol. The molecule has 1 aliphatic heterocycles. The normalized spacial score (nSPS) is 14.6. The van der Waals surface area contributed by atoms with Gasteiger partial charge >= 0.3 is 0 Å². The highest BCUT2D eigenvalue weighted by molar-refractivity contribution is 6.32. The lowest BCUT2D eigenvalue weighted by Crippen LogP contribution is -2.48. The molecule has 2 heterocycles. The topological polar surface area (TPSA) is 45.9 Å². The van der Waals surface area contributed by atoms with Crippen molar-refractivity contribution in [2.24, 2.45) is 0 Å². The second kappa shape index (κ2) is 9.54. The Morgan fingerprint density at radius 3 is 2.61 bits per heavy atom. The predicted molar refractivity (Wildman–Crippen MR) is 117 cm³/mol. The van der Waals surface area contributed by atoms with E-state index < -0.39 is 0 Å². The average molecular weight is 443 g/mol. The van der Waals surface area contributed by atoms with E-state index in [-0.39, 0.29) is 18.3 Å². The van der Waals surface area contributed by atoms with Gasteiger partial charge in [-0.05, 0) is 48.4 Å². The number of aryl methyl sites for hydroxylation is 1. The maximum absolute atomic E-state index is 13.4. The smallest absolute Gasteiger partial charge is 0.289 e. The van der Waals surface area contributed by atoms with Crippen molar-refractivity contribution in [3.63, 3.8) is 0 Å². The minimum absolute atomic E-state index is 0.134. The summed E-state index contributed by atoms with van der Waals surface area (Å²) in [5.74, 6) is 1.11. The number of hydrogen-bond donors (Lipinski definition) is 0. The molecule has 1 aromatic heterocycles. The molecule has 1 aliphatic rings. The lowest BCUT2D eigenvalue weighted by atomic mass is 10.2. The Balaban J connectivity index is 1.30. The van der Waals surface area contributed by atoms with Gasteiger partial charge < -0.3 is 14.1 Å². The molecule has 5 nitrogen and oxygen atoms in total. The van der Waals surface area contributed by atoms with E-state index in [1.54, 1.807) is 35.2 Å². The van der Waals surface area contributed by atoms with E-state index in [0.29, 0.717) is 41.9 Å². The SMILES string of the molecule is Cc1cccc(Cl)c1OCc1ccc(C(=O)N2CCN(Cc3cccc(F)c3)CC2)o1. The molecule has 0 aliphatic carbocycles. The van der Waals surface area contributed by atoms with E-state index >= 15 is 0 Å². The van der Waals surface area contributed by atoms with Gasteiger partial charge in [0.25, 0.3) is 5.91 Å². The molecule has 4 rings (SSSR count). The zero-order chi connectivity index (χ0) is 21.8. The van der Waals surface area contributed by atoms with Gasteiger partial charge in [-0.2, -0.15) is 0 Å². The van der Waals surface area contributed by atoms with Gasteiger partial charge in [-0.1, -0.05) is 35.9 Å². The lowest BCUT2D eigenvalue weighted by Gasteiger charge is -2.34. The van der Waals surface area contributed by atoms with Gasteiger partial charge in [0, 0.05) is 32.7 Å². The Bertz CT molecular complexity index is 1040. The first-order valence-corrected chi connectivity index (χ1v) is 10.6. The molecule has 31 heavy (non-hydrogen) atoms. The van der Waals surface area contributed by atoms with E-state index in [2.05, 4.69) is 4.90 Å². The third-order valence-corrected chi connectivity index (χ3v) is 5.65. The summed E-state index contributed by atoms with van der Waals surface area (Å²) < 4.78 is 24.9. The van der Waals surface area contributed by atoms with Crippen LogP contribution in [0.3, 0.4) is 0 Å². The van der Waals surface area contributed by atoms with Gasteiger partial charge in [0.05, 0.1) is 5.02 Å². The molecule has 1 saturated heterocycles. The first-order chi connectivity index (χ1) is 15.0. The summed E-state index contributed by atoms with van der Waals surface area (Å²) in [6, 6.07) is 15.6. The molecular formula is C24H24ClFN2O3. The zero-order valence-electron chi connectivity index (χ0n) is 17.3. The zero-order valence-corrected chi connectivity index (χ0v) is 18.1. The standard InChI is InChI=1S/C24H24ClFN2O3/c1-17-4-2-7-21(25)23(17)30-16-20-8-9-22(31-20)24(29)28-12-10-27(11-13-28)15-18-5-3-6-19(26)14-18/h2-9,14H,10-13,15-16H2,1H3. The predicted octanol–water partition coefficient (Wildman–Crippen LogP) is 4.92. The Hall–Kier alpha value is -2.83. The van der Waals surface area contributed by atoms with Crippen LogP contribution in [0.2, 0.25) is 5.02 Å². The van der Waals surface area contributed by atoms with Gasteiger partial charge in [0.2, 0.25) is 0 Å². The Morgan fingerprint density at radius 2 is 1.87 bits per heavy atom. The maximum Gasteiger partial charge on any atom is 0.289 e. The summed E-state index contributed by atoms with van der Waals surface area (Å²) in [6.45, 7) is 5.43. The van der Waals surface area contributed by atoms with Crippen LogP contribution >= 0.6 is 11.6 Å². The third-order valence-electron chi connectivity index (χ3n) is 5.35. The summed E-state index contributed by atoms with van der Waals surface area (Å²) >= 11 is 6.18. The molecule has 0 radical (unpaired) electrons. The molecule has 3 aromatic rings. The quantitative estimate of drug-likeness (QED) is 0.543. The fourth-order valence-corrected chi connectivity index (χ4v) is 3.95. The highest BCUT2D eigenvalue weighted by atomic mass is 35.5. The van der Waals surface area contributed by atoms with Crippen LogP contribution in [0, 0.1) is 12.7 Å². The fourth-order valence-electron chi connectivity index (χ4n) is 3.67. The van der Waals surface area contributed by atoms with Crippen LogP contribution in [-0.2, 0) is 13.2 Å². The second-order valence-corrected chi connectivity index (χ2v) is 8.05. The lowest BCUT2D eigenvalue weighted by molar-refractivity contribution is 0.0594. The van der Waals surface area contributed by atoms with Gasteiger partial charge in [-0.15, -0.1) is 0 Å². The number of hydrogen-bond acceptors (Lipinski definition) is 4. The summed E-state index contributed by atoms with van der Waals surface area (Å²) in [5.41, 5.74) is 1.87.